The smallest absolute Gasteiger partial charge is 0.253 e. The van der Waals surface area contributed by atoms with Crippen LogP contribution in [0, 0.1) is 0 Å². The highest BCUT2D eigenvalue weighted by Crippen LogP contribution is 2.59. The van der Waals surface area contributed by atoms with Crippen LogP contribution in [-0.2, 0) is 20.4 Å². The van der Waals surface area contributed by atoms with E-state index < -0.39 is 22.6 Å². The van der Waals surface area contributed by atoms with Crippen LogP contribution in [-0.4, -0.2) is 21.8 Å². The summed E-state index contributed by atoms with van der Waals surface area (Å²) in [6.07, 6.45) is 0. The lowest BCUT2D eigenvalue weighted by atomic mass is 9.53. The number of hydrogen-bond acceptors (Lipinski definition) is 5. The summed E-state index contributed by atoms with van der Waals surface area (Å²) in [6, 6.07) is 65.9. The lowest BCUT2D eigenvalue weighted by Gasteiger charge is -2.43. The Kier molecular flexibility index (Phi) is 7.71. The second-order valence-electron chi connectivity index (χ2n) is 14.7. The monoisotopic (exact) mass is 763 g/mol. The predicted molar refractivity (Wildman–Crippen MR) is 235 cm³/mol. The van der Waals surface area contributed by atoms with Crippen molar-refractivity contribution in [2.24, 2.45) is 0 Å². The Hall–Kier alpha value is -7.28. The van der Waals surface area contributed by atoms with Gasteiger partial charge in [-0.05, 0) is 38.4 Å². The molecule has 0 N–H and O–H groups in total. The predicted octanol–water partition coefficient (Wildman–Crippen LogP) is 11.7. The lowest BCUT2D eigenvalue weighted by molar-refractivity contribution is -0.122. The van der Waals surface area contributed by atoms with Crippen LogP contribution in [0.5, 0.6) is 0 Å². The van der Waals surface area contributed by atoms with Gasteiger partial charge in [0, 0.05) is 26.4 Å². The molecule has 11 rings (SSSR count). The van der Waals surface area contributed by atoms with Gasteiger partial charge in [0.25, 0.3) is 11.8 Å². The van der Waals surface area contributed by atoms with E-state index in [0.717, 1.165) is 42.6 Å². The minimum absolute atomic E-state index is 0.0477. The van der Waals surface area contributed by atoms with Crippen molar-refractivity contribution in [1.29, 1.82) is 0 Å². The normalized spacial score (nSPS) is 14.9. The Balaban J connectivity index is 1.29. The van der Waals surface area contributed by atoms with E-state index in [4.69, 9.17) is 9.97 Å². The summed E-state index contributed by atoms with van der Waals surface area (Å²) in [6.45, 7) is 0. The van der Waals surface area contributed by atoms with Gasteiger partial charge in [-0.25, -0.2) is 14.9 Å². The molecule has 0 aliphatic carbocycles. The molecule has 0 saturated carbocycles. The third-order valence-electron chi connectivity index (χ3n) is 11.9. The van der Waals surface area contributed by atoms with Gasteiger partial charge in [0.2, 0.25) is 5.95 Å². The SMILES string of the molecule is O=C1N(c2nc(-c3ccccc3)c3c(n2)sc2c4ccccc4c4ccccc4c23)C(=O)C(c2ccccc2)(c2ccccc2)C1(c1ccccc1)c1ccccc1. The van der Waals surface area contributed by atoms with Crippen molar-refractivity contribution < 1.29 is 9.59 Å². The average molecular weight is 764 g/mol. The maximum Gasteiger partial charge on any atom is 0.253 e. The molecule has 0 unspecified atom stereocenters. The fraction of sp³-hybridized carbons (Fsp3) is 0.0385. The van der Waals surface area contributed by atoms with Crippen molar-refractivity contribution in [3.8, 4) is 11.3 Å². The molecule has 1 aliphatic rings. The molecule has 58 heavy (non-hydrogen) atoms. The van der Waals surface area contributed by atoms with Gasteiger partial charge in [0.15, 0.2) is 0 Å². The second-order valence-corrected chi connectivity index (χ2v) is 15.7. The molecule has 0 radical (unpaired) electrons. The summed E-state index contributed by atoms with van der Waals surface area (Å²) >= 11 is 1.58. The standard InChI is InChI=1S/C52H33N3O2S/c56-48-51(35-22-8-2-9-23-35,36-24-10-3-11-25-36)52(37-26-12-4-13-27-37,38-28-14-5-15-29-38)49(57)55(48)50-53-45(34-20-6-1-7-21-34)44-43-41-32-18-16-30-39(41)40-31-17-19-33-42(40)46(43)58-47(44)54-50/h1-33H. The van der Waals surface area contributed by atoms with Gasteiger partial charge in [-0.1, -0.05) is 200 Å². The van der Waals surface area contributed by atoms with Crippen molar-refractivity contribution in [3.05, 3.63) is 222 Å². The Morgan fingerprint density at radius 1 is 0.397 bits per heavy atom. The van der Waals surface area contributed by atoms with Crippen LogP contribution in [0.15, 0.2) is 200 Å². The maximum absolute atomic E-state index is 16.3. The van der Waals surface area contributed by atoms with E-state index in [-0.39, 0.29) is 5.95 Å². The number of benzene rings is 8. The minimum atomic E-state index is -1.56. The summed E-state index contributed by atoms with van der Waals surface area (Å²) in [4.78, 5) is 45.3. The van der Waals surface area contributed by atoms with E-state index >= 15 is 9.59 Å². The fourth-order valence-corrected chi connectivity index (χ4v) is 10.8. The molecule has 274 valence electrons. The highest BCUT2D eigenvalue weighted by atomic mass is 32.1. The Morgan fingerprint density at radius 2 is 0.776 bits per heavy atom. The summed E-state index contributed by atoms with van der Waals surface area (Å²) in [5.74, 6) is -0.789. The number of hydrogen-bond donors (Lipinski definition) is 0. The summed E-state index contributed by atoms with van der Waals surface area (Å²) < 4.78 is 1.08. The number of amides is 2. The van der Waals surface area contributed by atoms with Crippen LogP contribution in [0.3, 0.4) is 0 Å². The first-order chi connectivity index (χ1) is 28.6. The molecule has 1 fully saturated rings. The molecule has 6 heteroatoms. The van der Waals surface area contributed by atoms with E-state index in [1.165, 1.54) is 4.90 Å². The molecule has 5 nitrogen and oxygen atoms in total. The minimum Gasteiger partial charge on any atom is -0.272 e. The fourth-order valence-electron chi connectivity index (χ4n) is 9.57. The molecular weight excluding hydrogens is 731 g/mol. The topological polar surface area (TPSA) is 63.2 Å². The molecule has 1 saturated heterocycles. The van der Waals surface area contributed by atoms with Crippen molar-refractivity contribution in [1.82, 2.24) is 9.97 Å². The van der Waals surface area contributed by atoms with E-state index in [2.05, 4.69) is 48.5 Å². The summed E-state index contributed by atoms with van der Waals surface area (Å²) in [5.41, 5.74) is 1.17. The van der Waals surface area contributed by atoms with Gasteiger partial charge >= 0.3 is 0 Å². The molecule has 3 heterocycles. The number of aromatic nitrogens is 2. The quantitative estimate of drug-likeness (QED) is 0.125. The van der Waals surface area contributed by atoms with Crippen molar-refractivity contribution in [2.45, 2.75) is 10.8 Å². The first-order valence-corrected chi connectivity index (χ1v) is 20.2. The highest BCUT2D eigenvalue weighted by Gasteiger charge is 2.73. The van der Waals surface area contributed by atoms with E-state index in [9.17, 15) is 0 Å². The first-order valence-electron chi connectivity index (χ1n) is 19.3. The van der Waals surface area contributed by atoms with E-state index in [1.807, 2.05) is 152 Å². The maximum atomic E-state index is 16.3. The number of anilines is 1. The van der Waals surface area contributed by atoms with Crippen LogP contribution in [0.25, 0.3) is 53.1 Å². The molecule has 0 atom stereocenters. The van der Waals surface area contributed by atoms with Gasteiger partial charge in [0.1, 0.15) is 15.7 Å². The first kappa shape index (κ1) is 34.0. The van der Waals surface area contributed by atoms with E-state index in [1.54, 1.807) is 11.3 Å². The number of thiophene rings is 1. The highest BCUT2D eigenvalue weighted by molar-refractivity contribution is 7.26. The van der Waals surface area contributed by atoms with Gasteiger partial charge < -0.3 is 0 Å². The van der Waals surface area contributed by atoms with Crippen LogP contribution < -0.4 is 4.90 Å². The molecule has 0 bridgehead atoms. The number of rotatable bonds is 6. The summed E-state index contributed by atoms with van der Waals surface area (Å²) in [5, 5.41) is 6.47. The molecular formula is C52H33N3O2S. The van der Waals surface area contributed by atoms with Gasteiger partial charge in [-0.3, -0.25) is 9.59 Å². The Bertz CT molecular complexity index is 3030. The molecule has 0 spiro atoms. The molecule has 10 aromatic rings. The van der Waals surface area contributed by atoms with Crippen LogP contribution >= 0.6 is 11.3 Å². The number of fused-ring (bicyclic) bond motifs is 8. The Labute approximate surface area is 338 Å². The molecule has 2 aromatic heterocycles. The third-order valence-corrected chi connectivity index (χ3v) is 13.0. The zero-order valence-corrected chi connectivity index (χ0v) is 31.9. The molecule has 2 amide bonds. The van der Waals surface area contributed by atoms with Gasteiger partial charge in [-0.2, -0.15) is 0 Å². The van der Waals surface area contributed by atoms with E-state index in [0.29, 0.717) is 32.8 Å². The summed E-state index contributed by atoms with van der Waals surface area (Å²) in [7, 11) is 0. The van der Waals surface area contributed by atoms with Crippen LogP contribution in [0.1, 0.15) is 22.3 Å². The second kappa shape index (κ2) is 13.2. The largest absolute Gasteiger partial charge is 0.272 e. The van der Waals surface area contributed by atoms with Crippen LogP contribution in [0.4, 0.5) is 5.95 Å². The average Bonchev–Trinajstić information content (AvgIpc) is 3.79. The lowest BCUT2D eigenvalue weighted by Crippen LogP contribution is -2.53. The third kappa shape index (κ3) is 4.58. The van der Waals surface area contributed by atoms with Crippen LogP contribution in [0.2, 0.25) is 0 Å². The molecule has 8 aromatic carbocycles. The Morgan fingerprint density at radius 3 is 1.24 bits per heavy atom. The van der Waals surface area contributed by atoms with Crippen molar-refractivity contribution in [2.75, 3.05) is 4.90 Å². The molecule has 1 aliphatic heterocycles. The van der Waals surface area contributed by atoms with Gasteiger partial charge in [-0.15, -0.1) is 11.3 Å². The zero-order chi connectivity index (χ0) is 38.8. The number of nitrogens with zero attached hydrogens (tertiary/aromatic N) is 3. The van der Waals surface area contributed by atoms with Crippen molar-refractivity contribution in [3.63, 3.8) is 0 Å². The number of imide groups is 1. The van der Waals surface area contributed by atoms with Gasteiger partial charge in [0.05, 0.1) is 5.69 Å². The zero-order valence-electron chi connectivity index (χ0n) is 31.1. The number of carbonyl (C=O) groups excluding carboxylic acids is 2. The van der Waals surface area contributed by atoms with Crippen molar-refractivity contribution >= 4 is 70.9 Å². The number of carbonyl (C=O) groups is 2.